The van der Waals surface area contributed by atoms with Crippen molar-refractivity contribution in [3.05, 3.63) is 60.2 Å². The third-order valence-electron chi connectivity index (χ3n) is 3.95. The Morgan fingerprint density at radius 3 is 2.37 bits per heavy atom. The Labute approximate surface area is 174 Å². The molecule has 8 heteroatoms. The molecule has 2 amide bonds. The van der Waals surface area contributed by atoms with Crippen LogP contribution in [0.2, 0.25) is 0 Å². The van der Waals surface area contributed by atoms with Gasteiger partial charge in [0.25, 0.3) is 5.91 Å². The van der Waals surface area contributed by atoms with Gasteiger partial charge in [0.15, 0.2) is 18.1 Å². The molecule has 0 heterocycles. The average Bonchev–Trinajstić information content (AvgIpc) is 2.76. The first-order valence-electron chi connectivity index (χ1n) is 9.15. The average molecular weight is 412 g/mol. The molecular formula is C22H24N2O6. The number of benzene rings is 2. The van der Waals surface area contributed by atoms with Crippen LogP contribution in [-0.2, 0) is 19.1 Å². The highest BCUT2D eigenvalue weighted by Gasteiger charge is 2.17. The highest BCUT2D eigenvalue weighted by atomic mass is 16.5. The summed E-state index contributed by atoms with van der Waals surface area (Å²) in [5.41, 5.74) is 1.32. The number of nitrogens with one attached hydrogen (secondary N) is 2. The summed E-state index contributed by atoms with van der Waals surface area (Å²) in [5, 5.41) is 5.08. The van der Waals surface area contributed by atoms with Crippen molar-refractivity contribution in [2.45, 2.75) is 13.0 Å². The number of methoxy groups -OCH3 is 2. The quantitative estimate of drug-likeness (QED) is 0.484. The summed E-state index contributed by atoms with van der Waals surface area (Å²) in [6.07, 6.45) is 2.95. The number of carbonyl (C=O) groups is 3. The molecule has 0 bridgehead atoms. The molecule has 8 nitrogen and oxygen atoms in total. The van der Waals surface area contributed by atoms with Crippen LogP contribution in [0.3, 0.4) is 0 Å². The van der Waals surface area contributed by atoms with Crippen LogP contribution in [0.25, 0.3) is 6.08 Å². The van der Waals surface area contributed by atoms with Crippen LogP contribution in [0, 0.1) is 0 Å². The van der Waals surface area contributed by atoms with E-state index in [0.29, 0.717) is 17.2 Å². The van der Waals surface area contributed by atoms with E-state index in [1.165, 1.54) is 27.2 Å². The Bertz CT molecular complexity index is 911. The van der Waals surface area contributed by atoms with E-state index in [0.717, 1.165) is 5.56 Å². The van der Waals surface area contributed by atoms with Crippen molar-refractivity contribution >= 4 is 29.5 Å². The first-order valence-corrected chi connectivity index (χ1v) is 9.15. The number of esters is 1. The van der Waals surface area contributed by atoms with Crippen LogP contribution in [0.4, 0.5) is 5.69 Å². The van der Waals surface area contributed by atoms with Crippen molar-refractivity contribution in [1.29, 1.82) is 0 Å². The molecule has 30 heavy (non-hydrogen) atoms. The van der Waals surface area contributed by atoms with E-state index in [2.05, 4.69) is 10.6 Å². The maximum atomic E-state index is 12.0. The SMILES string of the molecule is COc1ccc(NC(=O)COC(=O)[C@H](C)NC(=O)/C=C/c2ccccc2)cc1OC. The molecule has 0 aliphatic rings. The predicted molar refractivity (Wildman–Crippen MR) is 112 cm³/mol. The summed E-state index contributed by atoms with van der Waals surface area (Å²) in [7, 11) is 2.99. The fraction of sp³-hybridized carbons (Fsp3) is 0.227. The molecule has 0 unspecified atom stereocenters. The molecule has 0 saturated heterocycles. The van der Waals surface area contributed by atoms with Gasteiger partial charge in [0, 0.05) is 17.8 Å². The van der Waals surface area contributed by atoms with Gasteiger partial charge in [-0.3, -0.25) is 9.59 Å². The second-order valence-corrected chi connectivity index (χ2v) is 6.20. The minimum absolute atomic E-state index is 0.446. The number of ether oxygens (including phenoxy) is 3. The Kier molecular flexibility index (Phi) is 8.43. The van der Waals surface area contributed by atoms with Crippen LogP contribution < -0.4 is 20.1 Å². The summed E-state index contributed by atoms with van der Waals surface area (Å²) in [5.74, 6) is -0.727. The lowest BCUT2D eigenvalue weighted by atomic mass is 10.2. The Balaban J connectivity index is 1.79. The highest BCUT2D eigenvalue weighted by molar-refractivity contribution is 5.96. The lowest BCUT2D eigenvalue weighted by Gasteiger charge is -2.13. The summed E-state index contributed by atoms with van der Waals surface area (Å²) in [6.45, 7) is 0.982. The minimum Gasteiger partial charge on any atom is -0.493 e. The van der Waals surface area contributed by atoms with Crippen molar-refractivity contribution in [3.8, 4) is 11.5 Å². The molecule has 0 aliphatic heterocycles. The highest BCUT2D eigenvalue weighted by Crippen LogP contribution is 2.29. The van der Waals surface area contributed by atoms with E-state index in [4.69, 9.17) is 14.2 Å². The number of rotatable bonds is 9. The van der Waals surface area contributed by atoms with E-state index in [-0.39, 0.29) is 0 Å². The number of carbonyl (C=O) groups excluding carboxylic acids is 3. The van der Waals surface area contributed by atoms with Crippen LogP contribution in [0.5, 0.6) is 11.5 Å². The summed E-state index contributed by atoms with van der Waals surface area (Å²) >= 11 is 0. The number of hydrogen-bond acceptors (Lipinski definition) is 6. The van der Waals surface area contributed by atoms with Crippen molar-refractivity contribution in [2.75, 3.05) is 26.1 Å². The van der Waals surface area contributed by atoms with E-state index >= 15 is 0 Å². The van der Waals surface area contributed by atoms with Crippen molar-refractivity contribution in [3.63, 3.8) is 0 Å². The van der Waals surface area contributed by atoms with Gasteiger partial charge >= 0.3 is 5.97 Å². The largest absolute Gasteiger partial charge is 0.493 e. The zero-order valence-corrected chi connectivity index (χ0v) is 17.0. The van der Waals surface area contributed by atoms with Gasteiger partial charge in [0.05, 0.1) is 14.2 Å². The van der Waals surface area contributed by atoms with Gasteiger partial charge in [-0.1, -0.05) is 30.3 Å². The Morgan fingerprint density at radius 2 is 1.70 bits per heavy atom. The lowest BCUT2D eigenvalue weighted by molar-refractivity contribution is -0.149. The van der Waals surface area contributed by atoms with Crippen LogP contribution in [-0.4, -0.2) is 44.7 Å². The standard InChI is InChI=1S/C22H24N2O6/c1-15(23-20(25)12-9-16-7-5-4-6-8-16)22(27)30-14-21(26)24-17-10-11-18(28-2)19(13-17)29-3/h4-13,15H,14H2,1-3H3,(H,23,25)(H,24,26)/b12-9+/t15-/m0/s1. The molecule has 158 valence electrons. The fourth-order valence-corrected chi connectivity index (χ4v) is 2.43. The van der Waals surface area contributed by atoms with Crippen LogP contribution in [0.15, 0.2) is 54.6 Å². The molecule has 0 aliphatic carbocycles. The van der Waals surface area contributed by atoms with Gasteiger partial charge in [-0.25, -0.2) is 4.79 Å². The summed E-state index contributed by atoms with van der Waals surface area (Å²) in [4.78, 5) is 35.9. The van der Waals surface area contributed by atoms with E-state index in [1.54, 1.807) is 24.3 Å². The van der Waals surface area contributed by atoms with Gasteiger partial charge in [0.2, 0.25) is 5.91 Å². The molecule has 2 aromatic rings. The molecule has 0 radical (unpaired) electrons. The molecule has 1 atom stereocenters. The maximum absolute atomic E-state index is 12.0. The third kappa shape index (κ3) is 6.97. The number of anilines is 1. The normalized spacial score (nSPS) is 11.4. The van der Waals surface area contributed by atoms with Crippen molar-refractivity contribution in [1.82, 2.24) is 5.32 Å². The van der Waals surface area contributed by atoms with Gasteiger partial charge in [-0.05, 0) is 30.7 Å². The minimum atomic E-state index is -0.910. The van der Waals surface area contributed by atoms with Gasteiger partial charge < -0.3 is 24.8 Å². The monoisotopic (exact) mass is 412 g/mol. The Hall–Kier alpha value is -3.81. The third-order valence-corrected chi connectivity index (χ3v) is 3.95. The van der Waals surface area contributed by atoms with Gasteiger partial charge in [-0.2, -0.15) is 0 Å². The van der Waals surface area contributed by atoms with E-state index in [9.17, 15) is 14.4 Å². The smallest absolute Gasteiger partial charge is 0.328 e. The first-order chi connectivity index (χ1) is 14.4. The molecule has 0 saturated carbocycles. The van der Waals surface area contributed by atoms with Crippen LogP contribution >= 0.6 is 0 Å². The maximum Gasteiger partial charge on any atom is 0.328 e. The topological polar surface area (TPSA) is 103 Å². The van der Waals surface area contributed by atoms with E-state index < -0.39 is 30.4 Å². The fourth-order valence-electron chi connectivity index (χ4n) is 2.43. The summed E-state index contributed by atoms with van der Waals surface area (Å²) in [6, 6.07) is 13.2. The van der Waals surface area contributed by atoms with Crippen LogP contribution in [0.1, 0.15) is 12.5 Å². The molecular weight excluding hydrogens is 388 g/mol. The molecule has 2 N–H and O–H groups in total. The first kappa shape index (κ1) is 22.5. The molecule has 0 fully saturated rings. The molecule has 2 rings (SSSR count). The van der Waals surface area contributed by atoms with Crippen molar-refractivity contribution < 1.29 is 28.6 Å². The number of hydrogen-bond donors (Lipinski definition) is 2. The second kappa shape index (κ2) is 11.3. The zero-order valence-electron chi connectivity index (χ0n) is 17.0. The number of amides is 2. The second-order valence-electron chi connectivity index (χ2n) is 6.20. The van der Waals surface area contributed by atoms with Gasteiger partial charge in [-0.15, -0.1) is 0 Å². The van der Waals surface area contributed by atoms with Crippen molar-refractivity contribution in [2.24, 2.45) is 0 Å². The molecule has 2 aromatic carbocycles. The lowest BCUT2D eigenvalue weighted by Crippen LogP contribution is -2.39. The Morgan fingerprint density at radius 1 is 1.00 bits per heavy atom. The predicted octanol–water partition coefficient (Wildman–Crippen LogP) is 2.40. The molecule has 0 spiro atoms. The molecule has 0 aromatic heterocycles. The van der Waals surface area contributed by atoms with E-state index in [1.807, 2.05) is 30.3 Å². The zero-order chi connectivity index (χ0) is 21.9. The summed E-state index contributed by atoms with van der Waals surface area (Å²) < 4.78 is 15.3. The van der Waals surface area contributed by atoms with Gasteiger partial charge in [0.1, 0.15) is 6.04 Å².